The van der Waals surface area contributed by atoms with Crippen LogP contribution in [0, 0.1) is 0 Å². The second kappa shape index (κ2) is 6.58. The van der Waals surface area contributed by atoms with Crippen LogP contribution in [0.3, 0.4) is 0 Å². The summed E-state index contributed by atoms with van der Waals surface area (Å²) in [6.07, 6.45) is 0. The molecule has 2 rings (SSSR count). The normalized spacial score (nSPS) is 19.2. The molecular formula is C15H21N3O3. The van der Waals surface area contributed by atoms with Crippen molar-refractivity contribution in [3.8, 4) is 5.75 Å². The first kappa shape index (κ1) is 15.3. The molecule has 1 heterocycles. The fourth-order valence-corrected chi connectivity index (χ4v) is 2.50. The number of likely N-dealkylation sites (N-methyl/N-ethyl adjacent to an activating group) is 2. The molecule has 1 aliphatic rings. The Morgan fingerprint density at radius 1 is 1.29 bits per heavy atom. The zero-order valence-electron chi connectivity index (χ0n) is 12.6. The lowest BCUT2D eigenvalue weighted by Crippen LogP contribution is -2.58. The number of ether oxygens (including phenoxy) is 1. The lowest BCUT2D eigenvalue weighted by Gasteiger charge is -2.38. The number of methoxy groups -OCH3 is 1. The van der Waals surface area contributed by atoms with E-state index in [9.17, 15) is 9.59 Å². The van der Waals surface area contributed by atoms with Crippen molar-refractivity contribution in [1.29, 1.82) is 0 Å². The summed E-state index contributed by atoms with van der Waals surface area (Å²) in [5.41, 5.74) is 0.528. The first-order valence-corrected chi connectivity index (χ1v) is 6.92. The van der Waals surface area contributed by atoms with Gasteiger partial charge in [-0.1, -0.05) is 12.1 Å². The smallest absolute Gasteiger partial charge is 0.257 e. The van der Waals surface area contributed by atoms with Crippen molar-refractivity contribution in [1.82, 2.24) is 15.1 Å². The van der Waals surface area contributed by atoms with Gasteiger partial charge >= 0.3 is 0 Å². The Bertz CT molecular complexity index is 533. The third kappa shape index (κ3) is 3.16. The van der Waals surface area contributed by atoms with Crippen molar-refractivity contribution in [3.63, 3.8) is 0 Å². The van der Waals surface area contributed by atoms with E-state index in [2.05, 4.69) is 5.32 Å². The van der Waals surface area contributed by atoms with Crippen LogP contribution in [0.15, 0.2) is 24.3 Å². The number of nitrogens with one attached hydrogen (secondary N) is 1. The number of benzene rings is 1. The molecule has 21 heavy (non-hydrogen) atoms. The van der Waals surface area contributed by atoms with Crippen LogP contribution in [0.4, 0.5) is 0 Å². The minimum atomic E-state index is -0.317. The van der Waals surface area contributed by atoms with Crippen LogP contribution < -0.4 is 10.1 Å². The lowest BCUT2D eigenvalue weighted by molar-refractivity contribution is -0.127. The van der Waals surface area contributed by atoms with Gasteiger partial charge in [0.25, 0.3) is 5.91 Å². The second-order valence-corrected chi connectivity index (χ2v) is 5.06. The van der Waals surface area contributed by atoms with E-state index in [4.69, 9.17) is 4.74 Å². The van der Waals surface area contributed by atoms with Gasteiger partial charge in [-0.25, -0.2) is 0 Å². The fraction of sp³-hybridized carbons (Fsp3) is 0.467. The quantitative estimate of drug-likeness (QED) is 0.864. The molecule has 0 aliphatic carbocycles. The predicted molar refractivity (Wildman–Crippen MR) is 79.4 cm³/mol. The van der Waals surface area contributed by atoms with Gasteiger partial charge in [0.15, 0.2) is 0 Å². The fourth-order valence-electron chi connectivity index (χ4n) is 2.50. The molecule has 0 aromatic heterocycles. The van der Waals surface area contributed by atoms with Gasteiger partial charge in [-0.15, -0.1) is 0 Å². The number of hydrogen-bond acceptors (Lipinski definition) is 4. The van der Waals surface area contributed by atoms with Crippen LogP contribution in [0.25, 0.3) is 0 Å². The van der Waals surface area contributed by atoms with E-state index in [-0.39, 0.29) is 17.9 Å². The predicted octanol–water partition coefficient (Wildman–Crippen LogP) is 0.197. The average Bonchev–Trinajstić information content (AvgIpc) is 2.53. The summed E-state index contributed by atoms with van der Waals surface area (Å²) in [5, 5.41) is 2.64. The van der Waals surface area contributed by atoms with E-state index in [1.807, 2.05) is 24.1 Å². The van der Waals surface area contributed by atoms with Gasteiger partial charge in [0, 0.05) is 26.7 Å². The minimum absolute atomic E-state index is 0.0740. The average molecular weight is 291 g/mol. The number of carbonyl (C=O) groups excluding carboxylic acids is 2. The molecule has 0 saturated carbocycles. The van der Waals surface area contributed by atoms with Crippen LogP contribution >= 0.6 is 0 Å². The number of rotatable bonds is 3. The zero-order chi connectivity index (χ0) is 15.4. The Morgan fingerprint density at radius 2 is 2.00 bits per heavy atom. The maximum absolute atomic E-state index is 12.6. The molecule has 1 N–H and O–H groups in total. The van der Waals surface area contributed by atoms with E-state index >= 15 is 0 Å². The Morgan fingerprint density at radius 3 is 2.67 bits per heavy atom. The van der Waals surface area contributed by atoms with Crippen molar-refractivity contribution < 1.29 is 14.3 Å². The van der Waals surface area contributed by atoms with E-state index in [1.165, 1.54) is 0 Å². The SMILES string of the molecule is CNC(=O)[C@H]1CN(C(=O)c2ccccc2OC)CCN1C. The van der Waals surface area contributed by atoms with Crippen molar-refractivity contribution in [2.45, 2.75) is 6.04 Å². The molecule has 1 aromatic rings. The molecule has 0 radical (unpaired) electrons. The molecule has 0 spiro atoms. The van der Waals surface area contributed by atoms with E-state index in [1.54, 1.807) is 31.2 Å². The Labute approximate surface area is 124 Å². The molecule has 6 nitrogen and oxygen atoms in total. The van der Waals surface area contributed by atoms with E-state index in [0.29, 0.717) is 30.9 Å². The number of piperazine rings is 1. The van der Waals surface area contributed by atoms with Gasteiger partial charge in [-0.2, -0.15) is 0 Å². The maximum atomic E-state index is 12.6. The van der Waals surface area contributed by atoms with Gasteiger partial charge in [0.2, 0.25) is 5.91 Å². The van der Waals surface area contributed by atoms with Crippen molar-refractivity contribution in [2.24, 2.45) is 0 Å². The largest absolute Gasteiger partial charge is 0.496 e. The topological polar surface area (TPSA) is 61.9 Å². The molecule has 1 saturated heterocycles. The number of carbonyl (C=O) groups is 2. The molecular weight excluding hydrogens is 270 g/mol. The summed E-state index contributed by atoms with van der Waals surface area (Å²) in [6.45, 7) is 1.65. The molecule has 1 fully saturated rings. The van der Waals surface area contributed by atoms with E-state index in [0.717, 1.165) is 0 Å². The van der Waals surface area contributed by atoms with E-state index < -0.39 is 0 Å². The summed E-state index contributed by atoms with van der Waals surface area (Å²) in [6, 6.07) is 6.82. The van der Waals surface area contributed by atoms with Crippen LogP contribution in [0.1, 0.15) is 10.4 Å². The highest BCUT2D eigenvalue weighted by Crippen LogP contribution is 2.21. The molecule has 1 aliphatic heterocycles. The highest BCUT2D eigenvalue weighted by Gasteiger charge is 2.32. The zero-order valence-corrected chi connectivity index (χ0v) is 12.6. The number of hydrogen-bond donors (Lipinski definition) is 1. The Hall–Kier alpha value is -2.08. The second-order valence-electron chi connectivity index (χ2n) is 5.06. The molecule has 0 bridgehead atoms. The monoisotopic (exact) mass is 291 g/mol. The summed E-state index contributed by atoms with van der Waals surface area (Å²) >= 11 is 0. The Kier molecular flexibility index (Phi) is 4.80. The highest BCUT2D eigenvalue weighted by atomic mass is 16.5. The van der Waals surface area contributed by atoms with Crippen LogP contribution in [0.2, 0.25) is 0 Å². The lowest BCUT2D eigenvalue weighted by atomic mass is 10.1. The summed E-state index contributed by atoms with van der Waals surface area (Å²) in [7, 11) is 5.05. The van der Waals surface area contributed by atoms with Crippen LogP contribution in [-0.4, -0.2) is 68.5 Å². The molecule has 0 unspecified atom stereocenters. The summed E-state index contributed by atoms with van der Waals surface area (Å²) < 4.78 is 5.24. The molecule has 6 heteroatoms. The summed E-state index contributed by atoms with van der Waals surface area (Å²) in [4.78, 5) is 28.2. The van der Waals surface area contributed by atoms with Gasteiger partial charge < -0.3 is 15.0 Å². The van der Waals surface area contributed by atoms with Crippen LogP contribution in [0.5, 0.6) is 5.75 Å². The maximum Gasteiger partial charge on any atom is 0.257 e. The van der Waals surface area contributed by atoms with Crippen molar-refractivity contribution in [2.75, 3.05) is 40.8 Å². The van der Waals surface area contributed by atoms with Gasteiger partial charge in [0.05, 0.1) is 12.7 Å². The van der Waals surface area contributed by atoms with Gasteiger partial charge in [-0.05, 0) is 19.2 Å². The Balaban J connectivity index is 2.18. The van der Waals surface area contributed by atoms with Crippen molar-refractivity contribution >= 4 is 11.8 Å². The third-order valence-corrected chi connectivity index (χ3v) is 3.82. The third-order valence-electron chi connectivity index (χ3n) is 3.82. The highest BCUT2D eigenvalue weighted by molar-refractivity contribution is 5.97. The number of nitrogens with zero attached hydrogens (tertiary/aromatic N) is 2. The van der Waals surface area contributed by atoms with Gasteiger partial charge in [-0.3, -0.25) is 14.5 Å². The number of para-hydroxylation sites is 1. The number of amides is 2. The first-order valence-electron chi connectivity index (χ1n) is 6.92. The van der Waals surface area contributed by atoms with Crippen LogP contribution in [-0.2, 0) is 4.79 Å². The molecule has 2 amide bonds. The molecule has 114 valence electrons. The standard InChI is InChI=1S/C15H21N3O3/c1-16-14(19)12-10-18(9-8-17(12)2)15(20)11-6-4-5-7-13(11)21-3/h4-7,12H,8-10H2,1-3H3,(H,16,19)/t12-/m1/s1. The molecule has 1 atom stereocenters. The first-order chi connectivity index (χ1) is 10.1. The van der Waals surface area contributed by atoms with Crippen molar-refractivity contribution in [3.05, 3.63) is 29.8 Å². The summed E-state index contributed by atoms with van der Waals surface area (Å²) in [5.74, 6) is 0.377. The molecule has 1 aromatic carbocycles. The minimum Gasteiger partial charge on any atom is -0.496 e. The van der Waals surface area contributed by atoms with Gasteiger partial charge in [0.1, 0.15) is 11.8 Å².